The van der Waals surface area contributed by atoms with Crippen LogP contribution >= 0.6 is 0 Å². The van der Waals surface area contributed by atoms with E-state index in [2.05, 4.69) is 0 Å². The Bertz CT molecular complexity index is 169. The molecule has 0 bridgehead atoms. The van der Waals surface area contributed by atoms with E-state index in [0.29, 0.717) is 26.4 Å². The van der Waals surface area contributed by atoms with Gasteiger partial charge in [-0.3, -0.25) is 4.79 Å². The van der Waals surface area contributed by atoms with Gasteiger partial charge in [0.25, 0.3) is 0 Å². The molecule has 0 heterocycles. The van der Waals surface area contributed by atoms with Crippen molar-refractivity contribution in [3.8, 4) is 0 Å². The molecule has 0 aromatic heterocycles. The molecule has 0 aliphatic heterocycles. The second-order valence-corrected chi connectivity index (χ2v) is 3.57. The van der Waals surface area contributed by atoms with Gasteiger partial charge >= 0.3 is 5.97 Å². The Labute approximate surface area is 116 Å². The number of rotatable bonds is 11. The average Bonchev–Trinajstić information content (AvgIpc) is 2.39. The van der Waals surface area contributed by atoms with Gasteiger partial charge in [0.2, 0.25) is 0 Å². The van der Waals surface area contributed by atoms with E-state index in [-0.39, 0.29) is 12.6 Å². The summed E-state index contributed by atoms with van der Waals surface area (Å²) in [5, 5.41) is 8.26. The van der Waals surface area contributed by atoms with Gasteiger partial charge in [-0.15, -0.1) is 0 Å². The number of unbranched alkanes of at least 4 members (excludes halogenated alkanes) is 1. The van der Waals surface area contributed by atoms with E-state index in [1.165, 1.54) is 6.92 Å². The van der Waals surface area contributed by atoms with E-state index in [1.54, 1.807) is 7.11 Å². The van der Waals surface area contributed by atoms with Crippen molar-refractivity contribution in [3.63, 3.8) is 0 Å². The number of hydrogen-bond acceptors (Lipinski definition) is 6. The molecule has 0 amide bonds. The minimum absolute atomic E-state index is 0.0894. The first kappa shape index (κ1) is 20.6. The predicted octanol–water partition coefficient (Wildman–Crippen LogP) is 1.01. The predicted molar refractivity (Wildman–Crippen MR) is 72.1 cm³/mol. The topological polar surface area (TPSA) is 74.2 Å². The second kappa shape index (κ2) is 19.6. The highest BCUT2D eigenvalue weighted by atomic mass is 16.5. The van der Waals surface area contributed by atoms with Crippen LogP contribution in [0, 0.1) is 0 Å². The van der Waals surface area contributed by atoms with Gasteiger partial charge in [-0.2, -0.15) is 0 Å². The Kier molecular flexibility index (Phi) is 21.3. The Balaban J connectivity index is 0. The standard InChI is InChI=1S/C7H14O3.C6H14O3/c1-7(8)10-6-4-3-5-9-2;1-2-8-5-6-9-4-3-7/h3-6H2,1-2H3;7H,2-6H2,1H3. The van der Waals surface area contributed by atoms with Crippen molar-refractivity contribution in [2.45, 2.75) is 26.7 Å². The molecule has 6 heteroatoms. The molecule has 19 heavy (non-hydrogen) atoms. The molecule has 0 fully saturated rings. The van der Waals surface area contributed by atoms with Crippen molar-refractivity contribution in [3.05, 3.63) is 0 Å². The summed E-state index contributed by atoms with van der Waals surface area (Å²) >= 11 is 0. The molecule has 0 radical (unpaired) electrons. The van der Waals surface area contributed by atoms with E-state index in [1.807, 2.05) is 6.92 Å². The lowest BCUT2D eigenvalue weighted by Gasteiger charge is -2.00. The van der Waals surface area contributed by atoms with Crippen molar-refractivity contribution in [1.82, 2.24) is 0 Å². The molecule has 0 aliphatic rings. The monoisotopic (exact) mass is 280 g/mol. The van der Waals surface area contributed by atoms with Gasteiger partial charge in [0.05, 0.1) is 33.0 Å². The van der Waals surface area contributed by atoms with Crippen LogP contribution in [0.25, 0.3) is 0 Å². The van der Waals surface area contributed by atoms with E-state index < -0.39 is 0 Å². The summed E-state index contributed by atoms with van der Waals surface area (Å²) in [6.07, 6.45) is 1.83. The normalized spacial score (nSPS) is 9.68. The summed E-state index contributed by atoms with van der Waals surface area (Å²) in [5.41, 5.74) is 0. The molecule has 0 unspecified atom stereocenters. The fraction of sp³-hybridized carbons (Fsp3) is 0.923. The molecule has 0 aromatic rings. The van der Waals surface area contributed by atoms with Crippen LogP contribution in [0.1, 0.15) is 26.7 Å². The largest absolute Gasteiger partial charge is 0.466 e. The number of aliphatic hydroxyl groups excluding tert-OH is 1. The van der Waals surface area contributed by atoms with Crippen LogP contribution in [0.15, 0.2) is 0 Å². The number of hydrogen-bond donors (Lipinski definition) is 1. The van der Waals surface area contributed by atoms with Crippen LogP contribution in [-0.2, 0) is 23.7 Å². The lowest BCUT2D eigenvalue weighted by Crippen LogP contribution is -2.06. The molecule has 0 aliphatic carbocycles. The summed E-state index contributed by atoms with van der Waals surface area (Å²) in [4.78, 5) is 10.2. The lowest BCUT2D eigenvalue weighted by atomic mass is 10.3. The summed E-state index contributed by atoms with van der Waals surface area (Å²) in [7, 11) is 1.66. The fourth-order valence-corrected chi connectivity index (χ4v) is 0.993. The maximum atomic E-state index is 10.2. The summed E-state index contributed by atoms with van der Waals surface area (Å²) < 4.78 is 19.4. The summed E-state index contributed by atoms with van der Waals surface area (Å²) in [6.45, 7) is 7.02. The zero-order valence-electron chi connectivity index (χ0n) is 12.4. The Morgan fingerprint density at radius 3 is 2.16 bits per heavy atom. The van der Waals surface area contributed by atoms with Crippen LogP contribution in [0.2, 0.25) is 0 Å². The fourth-order valence-electron chi connectivity index (χ4n) is 0.993. The third kappa shape index (κ3) is 26.8. The quantitative estimate of drug-likeness (QED) is 0.450. The first-order chi connectivity index (χ1) is 9.18. The van der Waals surface area contributed by atoms with E-state index >= 15 is 0 Å². The van der Waals surface area contributed by atoms with E-state index in [0.717, 1.165) is 26.1 Å². The molecule has 6 nitrogen and oxygen atoms in total. The molecule has 116 valence electrons. The number of carbonyl (C=O) groups excluding carboxylic acids is 1. The Hall–Kier alpha value is -0.690. The number of esters is 1. The maximum Gasteiger partial charge on any atom is 0.302 e. The molecule has 0 spiro atoms. The highest BCUT2D eigenvalue weighted by Crippen LogP contribution is 1.90. The van der Waals surface area contributed by atoms with E-state index in [9.17, 15) is 4.79 Å². The first-order valence-electron chi connectivity index (χ1n) is 6.57. The maximum absolute atomic E-state index is 10.2. The smallest absolute Gasteiger partial charge is 0.302 e. The van der Waals surface area contributed by atoms with Crippen LogP contribution in [0.5, 0.6) is 0 Å². The van der Waals surface area contributed by atoms with Gasteiger partial charge in [-0.1, -0.05) is 0 Å². The summed E-state index contributed by atoms with van der Waals surface area (Å²) in [5.74, 6) is -0.211. The zero-order valence-corrected chi connectivity index (χ0v) is 12.4. The highest BCUT2D eigenvalue weighted by Gasteiger charge is 1.91. The second-order valence-electron chi connectivity index (χ2n) is 3.57. The Morgan fingerprint density at radius 2 is 1.63 bits per heavy atom. The van der Waals surface area contributed by atoms with Crippen molar-refractivity contribution in [2.75, 3.05) is 53.4 Å². The SMILES string of the molecule is CCOCCOCCO.COCCCCOC(C)=O. The highest BCUT2D eigenvalue weighted by molar-refractivity contribution is 5.65. The molecule has 0 saturated heterocycles. The molecule has 0 aromatic carbocycles. The van der Waals surface area contributed by atoms with Crippen molar-refractivity contribution >= 4 is 5.97 Å². The van der Waals surface area contributed by atoms with Gasteiger partial charge < -0.3 is 24.1 Å². The minimum Gasteiger partial charge on any atom is -0.466 e. The number of methoxy groups -OCH3 is 1. The first-order valence-corrected chi connectivity index (χ1v) is 6.57. The van der Waals surface area contributed by atoms with Crippen LogP contribution < -0.4 is 0 Å². The molecular formula is C13H28O6. The third-order valence-electron chi connectivity index (χ3n) is 1.86. The molecule has 0 rings (SSSR count). The number of carbonyl (C=O) groups is 1. The zero-order chi connectivity index (χ0) is 14.8. The molecular weight excluding hydrogens is 252 g/mol. The van der Waals surface area contributed by atoms with Crippen LogP contribution in [-0.4, -0.2) is 64.4 Å². The van der Waals surface area contributed by atoms with Gasteiger partial charge in [0.1, 0.15) is 0 Å². The third-order valence-corrected chi connectivity index (χ3v) is 1.86. The van der Waals surface area contributed by atoms with Gasteiger partial charge in [0.15, 0.2) is 0 Å². The minimum atomic E-state index is -0.211. The van der Waals surface area contributed by atoms with Gasteiger partial charge in [-0.05, 0) is 19.8 Å². The van der Waals surface area contributed by atoms with Crippen molar-refractivity contribution in [1.29, 1.82) is 0 Å². The average molecular weight is 280 g/mol. The van der Waals surface area contributed by atoms with Crippen molar-refractivity contribution < 1.29 is 28.8 Å². The number of aliphatic hydroxyl groups is 1. The Morgan fingerprint density at radius 1 is 1.00 bits per heavy atom. The molecule has 1 N–H and O–H groups in total. The number of ether oxygens (including phenoxy) is 4. The van der Waals surface area contributed by atoms with Crippen LogP contribution in [0.4, 0.5) is 0 Å². The van der Waals surface area contributed by atoms with Gasteiger partial charge in [-0.25, -0.2) is 0 Å². The molecule has 0 saturated carbocycles. The van der Waals surface area contributed by atoms with Crippen LogP contribution in [0.3, 0.4) is 0 Å². The lowest BCUT2D eigenvalue weighted by molar-refractivity contribution is -0.141. The van der Waals surface area contributed by atoms with Crippen molar-refractivity contribution in [2.24, 2.45) is 0 Å². The van der Waals surface area contributed by atoms with Gasteiger partial charge in [0, 0.05) is 27.2 Å². The van der Waals surface area contributed by atoms with E-state index in [4.69, 9.17) is 24.1 Å². The molecule has 0 atom stereocenters. The summed E-state index contributed by atoms with van der Waals surface area (Å²) in [6, 6.07) is 0.